The Hall–Kier alpha value is -2.07. The van der Waals surface area contributed by atoms with Crippen LogP contribution in [-0.4, -0.2) is 9.97 Å². The summed E-state index contributed by atoms with van der Waals surface area (Å²) in [4.78, 5) is 7.63. The number of nitrogens with one attached hydrogen (secondary N) is 1. The number of imidazole rings is 1. The molecule has 0 saturated heterocycles. The number of ether oxygens (including phenoxy) is 1. The van der Waals surface area contributed by atoms with Gasteiger partial charge in [0.15, 0.2) is 6.10 Å². The van der Waals surface area contributed by atoms with Crippen LogP contribution in [0, 0.1) is 5.82 Å². The minimum Gasteiger partial charge on any atom is -0.483 e. The Morgan fingerprint density at radius 3 is 2.70 bits per heavy atom. The maximum atomic E-state index is 12.8. The monoisotopic (exact) mass is 290 g/mol. The van der Waals surface area contributed by atoms with E-state index >= 15 is 0 Å². The first kappa shape index (κ1) is 12.9. The van der Waals surface area contributed by atoms with Gasteiger partial charge in [-0.1, -0.05) is 11.6 Å². The van der Waals surface area contributed by atoms with Gasteiger partial charge < -0.3 is 9.72 Å². The zero-order valence-electron chi connectivity index (χ0n) is 10.7. The molecule has 3 nitrogen and oxygen atoms in total. The van der Waals surface area contributed by atoms with Crippen LogP contribution in [0.5, 0.6) is 5.75 Å². The molecule has 3 aromatic rings. The SMILES string of the molecule is C[C@H](Oc1ccc(F)cc1)c1nc2ccc(Cl)cc2[nH]1. The molecule has 0 unspecified atom stereocenters. The van der Waals surface area contributed by atoms with Gasteiger partial charge in [-0.15, -0.1) is 0 Å². The summed E-state index contributed by atoms with van der Waals surface area (Å²) in [6.45, 7) is 1.88. The van der Waals surface area contributed by atoms with E-state index in [1.165, 1.54) is 12.1 Å². The summed E-state index contributed by atoms with van der Waals surface area (Å²) in [5.74, 6) is 1.01. The zero-order chi connectivity index (χ0) is 14.1. The lowest BCUT2D eigenvalue weighted by Crippen LogP contribution is -2.04. The Labute approximate surface area is 120 Å². The van der Waals surface area contributed by atoms with Crippen molar-refractivity contribution in [2.45, 2.75) is 13.0 Å². The van der Waals surface area contributed by atoms with Crippen molar-refractivity contribution in [3.05, 3.63) is 59.1 Å². The van der Waals surface area contributed by atoms with E-state index in [0.717, 1.165) is 11.0 Å². The number of rotatable bonds is 3. The molecule has 1 N–H and O–H groups in total. The lowest BCUT2D eigenvalue weighted by Gasteiger charge is -2.12. The van der Waals surface area contributed by atoms with Crippen LogP contribution in [0.15, 0.2) is 42.5 Å². The second-order valence-electron chi connectivity index (χ2n) is 4.50. The summed E-state index contributed by atoms with van der Waals surface area (Å²) in [5.41, 5.74) is 1.70. The maximum absolute atomic E-state index is 12.8. The Morgan fingerprint density at radius 1 is 1.20 bits per heavy atom. The molecule has 0 bridgehead atoms. The second kappa shape index (κ2) is 5.13. The average Bonchev–Trinajstić information content (AvgIpc) is 2.84. The first-order valence-corrected chi connectivity index (χ1v) is 6.57. The first-order valence-electron chi connectivity index (χ1n) is 6.19. The van der Waals surface area contributed by atoms with Crippen LogP contribution in [0.2, 0.25) is 5.02 Å². The van der Waals surface area contributed by atoms with E-state index in [1.54, 1.807) is 18.2 Å². The first-order chi connectivity index (χ1) is 9.61. The van der Waals surface area contributed by atoms with Crippen LogP contribution in [-0.2, 0) is 0 Å². The average molecular weight is 291 g/mol. The van der Waals surface area contributed by atoms with Crippen LogP contribution >= 0.6 is 11.6 Å². The normalized spacial score (nSPS) is 12.6. The molecule has 0 spiro atoms. The molecule has 0 saturated carbocycles. The fraction of sp³-hybridized carbons (Fsp3) is 0.133. The predicted molar refractivity (Wildman–Crippen MR) is 76.5 cm³/mol. The molecule has 0 amide bonds. The molecule has 1 heterocycles. The molecular formula is C15H12ClFN2O. The van der Waals surface area contributed by atoms with E-state index in [2.05, 4.69) is 9.97 Å². The number of benzene rings is 2. The molecule has 0 fully saturated rings. The Bertz CT molecular complexity index is 739. The summed E-state index contributed by atoms with van der Waals surface area (Å²) in [5, 5.41) is 0.653. The van der Waals surface area contributed by atoms with Crippen molar-refractivity contribution in [3.8, 4) is 5.75 Å². The molecule has 0 radical (unpaired) electrons. The number of aromatic nitrogens is 2. The van der Waals surface area contributed by atoms with Gasteiger partial charge in [0.2, 0.25) is 0 Å². The summed E-state index contributed by atoms with van der Waals surface area (Å²) in [7, 11) is 0. The van der Waals surface area contributed by atoms with Crippen LogP contribution in [0.4, 0.5) is 4.39 Å². The van der Waals surface area contributed by atoms with Gasteiger partial charge in [0.25, 0.3) is 0 Å². The number of aromatic amines is 1. The highest BCUT2D eigenvalue weighted by atomic mass is 35.5. The third kappa shape index (κ3) is 2.60. The molecule has 1 aromatic heterocycles. The van der Waals surface area contributed by atoms with Gasteiger partial charge in [-0.2, -0.15) is 0 Å². The maximum Gasteiger partial charge on any atom is 0.153 e. The highest BCUT2D eigenvalue weighted by Gasteiger charge is 2.12. The number of hydrogen-bond donors (Lipinski definition) is 1. The van der Waals surface area contributed by atoms with Gasteiger partial charge in [0.1, 0.15) is 17.4 Å². The standard InChI is InChI=1S/C15H12ClFN2O/c1-9(20-12-5-3-11(17)4-6-12)15-18-13-7-2-10(16)8-14(13)19-15/h2-9H,1H3,(H,18,19)/t9-/m0/s1. The summed E-state index contributed by atoms with van der Waals surface area (Å²) < 4.78 is 18.6. The lowest BCUT2D eigenvalue weighted by atomic mass is 10.3. The Kier molecular flexibility index (Phi) is 3.32. The molecule has 3 rings (SSSR count). The third-order valence-corrected chi connectivity index (χ3v) is 3.21. The number of fused-ring (bicyclic) bond motifs is 1. The molecule has 0 aliphatic rings. The molecule has 2 aromatic carbocycles. The highest BCUT2D eigenvalue weighted by Crippen LogP contribution is 2.23. The van der Waals surface area contributed by atoms with Crippen molar-refractivity contribution in [2.24, 2.45) is 0 Å². The van der Waals surface area contributed by atoms with Crippen molar-refractivity contribution in [1.29, 1.82) is 0 Å². The van der Waals surface area contributed by atoms with E-state index in [9.17, 15) is 4.39 Å². The smallest absolute Gasteiger partial charge is 0.153 e. The minimum atomic E-state index is -0.289. The molecule has 102 valence electrons. The van der Waals surface area contributed by atoms with E-state index in [0.29, 0.717) is 16.6 Å². The van der Waals surface area contributed by atoms with Crippen molar-refractivity contribution in [1.82, 2.24) is 9.97 Å². The van der Waals surface area contributed by atoms with Crippen molar-refractivity contribution >= 4 is 22.6 Å². The Morgan fingerprint density at radius 2 is 1.95 bits per heavy atom. The number of halogens is 2. The van der Waals surface area contributed by atoms with Gasteiger partial charge in [0.05, 0.1) is 11.0 Å². The topological polar surface area (TPSA) is 37.9 Å². The molecule has 0 aliphatic heterocycles. The van der Waals surface area contributed by atoms with Crippen molar-refractivity contribution in [2.75, 3.05) is 0 Å². The van der Waals surface area contributed by atoms with Crippen LogP contribution in [0.3, 0.4) is 0 Å². The molecule has 1 atom stereocenters. The fourth-order valence-electron chi connectivity index (χ4n) is 1.97. The number of H-pyrrole nitrogens is 1. The molecule has 20 heavy (non-hydrogen) atoms. The number of nitrogens with zero attached hydrogens (tertiary/aromatic N) is 1. The molecule has 5 heteroatoms. The second-order valence-corrected chi connectivity index (χ2v) is 4.93. The van der Waals surface area contributed by atoms with E-state index in [1.807, 2.05) is 19.1 Å². The zero-order valence-corrected chi connectivity index (χ0v) is 11.5. The summed E-state index contributed by atoms with van der Waals surface area (Å²) in [6, 6.07) is 11.4. The van der Waals surface area contributed by atoms with Crippen molar-refractivity contribution < 1.29 is 9.13 Å². The van der Waals surface area contributed by atoms with Gasteiger partial charge in [0, 0.05) is 5.02 Å². The quantitative estimate of drug-likeness (QED) is 0.771. The Balaban J connectivity index is 1.84. The largest absolute Gasteiger partial charge is 0.483 e. The van der Waals surface area contributed by atoms with E-state index in [-0.39, 0.29) is 11.9 Å². The third-order valence-electron chi connectivity index (χ3n) is 2.97. The fourth-order valence-corrected chi connectivity index (χ4v) is 2.14. The highest BCUT2D eigenvalue weighted by molar-refractivity contribution is 6.31. The predicted octanol–water partition coefficient (Wildman–Crippen LogP) is 4.50. The lowest BCUT2D eigenvalue weighted by molar-refractivity contribution is 0.217. The van der Waals surface area contributed by atoms with Gasteiger partial charge in [-0.25, -0.2) is 9.37 Å². The summed E-state index contributed by atoms with van der Waals surface area (Å²) >= 11 is 5.94. The van der Waals surface area contributed by atoms with Crippen LogP contribution in [0.1, 0.15) is 18.9 Å². The van der Waals surface area contributed by atoms with Crippen molar-refractivity contribution in [3.63, 3.8) is 0 Å². The summed E-state index contributed by atoms with van der Waals surface area (Å²) in [6.07, 6.45) is -0.272. The van der Waals surface area contributed by atoms with Gasteiger partial charge >= 0.3 is 0 Å². The van der Waals surface area contributed by atoms with Gasteiger partial charge in [-0.05, 0) is 49.4 Å². The molecular weight excluding hydrogens is 279 g/mol. The van der Waals surface area contributed by atoms with E-state index < -0.39 is 0 Å². The van der Waals surface area contributed by atoms with Gasteiger partial charge in [-0.3, -0.25) is 0 Å². The number of hydrogen-bond acceptors (Lipinski definition) is 2. The molecule has 0 aliphatic carbocycles. The van der Waals surface area contributed by atoms with E-state index in [4.69, 9.17) is 16.3 Å². The minimum absolute atomic E-state index is 0.272. The van der Waals surface area contributed by atoms with Crippen LogP contribution in [0.25, 0.3) is 11.0 Å². The van der Waals surface area contributed by atoms with Crippen LogP contribution < -0.4 is 4.74 Å².